The molecule has 0 bridgehead atoms. The molecule has 3 N–H and O–H groups in total. The summed E-state index contributed by atoms with van der Waals surface area (Å²) in [6.07, 6.45) is -5.49. The Kier molecular flexibility index (Phi) is 4.07. The van der Waals surface area contributed by atoms with Crippen molar-refractivity contribution >= 4 is 12.2 Å². The van der Waals surface area contributed by atoms with Crippen molar-refractivity contribution in [2.24, 2.45) is 5.11 Å². The fourth-order valence-electron chi connectivity index (χ4n) is 1.93. The maximum absolute atomic E-state index is 14.1. The van der Waals surface area contributed by atoms with Gasteiger partial charge in [-0.25, -0.2) is 13.6 Å². The number of hydrogen-bond acceptors (Lipinski definition) is 6. The summed E-state index contributed by atoms with van der Waals surface area (Å²) in [6, 6.07) is 0. The number of aliphatic hydroxyl groups is 2. The van der Waals surface area contributed by atoms with Crippen molar-refractivity contribution in [2.45, 2.75) is 24.2 Å². The first-order valence-electron chi connectivity index (χ1n) is 5.54. The Morgan fingerprint density at radius 1 is 1.71 bits per heavy atom. The Balaban J connectivity index is 2.52. The highest BCUT2D eigenvalue weighted by Crippen LogP contribution is 2.39. The van der Waals surface area contributed by atoms with Crippen LogP contribution in [-0.4, -0.2) is 44.4 Å². The molecule has 1 aromatic rings. The van der Waals surface area contributed by atoms with Gasteiger partial charge >= 0.3 is 5.69 Å². The van der Waals surface area contributed by atoms with Crippen LogP contribution in [0.2, 0.25) is 0 Å². The summed E-state index contributed by atoms with van der Waals surface area (Å²) in [4.78, 5) is 16.0. The molecule has 12 heteroatoms. The van der Waals surface area contributed by atoms with Crippen molar-refractivity contribution in [2.75, 3.05) is 6.61 Å². The summed E-state index contributed by atoms with van der Waals surface area (Å²) < 4.78 is 32.5. The first kappa shape index (κ1) is 15.5. The van der Waals surface area contributed by atoms with Crippen molar-refractivity contribution in [3.05, 3.63) is 37.6 Å². The molecule has 2 heterocycles. The van der Waals surface area contributed by atoms with E-state index in [1.165, 1.54) is 0 Å². The maximum Gasteiger partial charge on any atom is 0.328 e. The minimum absolute atomic E-state index is 0.476. The summed E-state index contributed by atoms with van der Waals surface area (Å²) >= 11 is 4.50. The SMILES string of the molecule is [N-]=[N+]=N[C@]1(CO)O[C@@H](n2cc(F)c(=S)[nH]c2=O)C(F)[C@H]1O. The zero-order valence-electron chi connectivity index (χ0n) is 10.2. The van der Waals surface area contributed by atoms with Gasteiger partial charge in [0.2, 0.25) is 5.72 Å². The molecule has 2 rings (SSSR count). The van der Waals surface area contributed by atoms with E-state index in [-0.39, 0.29) is 0 Å². The highest BCUT2D eigenvalue weighted by molar-refractivity contribution is 7.71. The van der Waals surface area contributed by atoms with E-state index in [9.17, 15) is 18.7 Å². The number of nitrogens with one attached hydrogen (secondary N) is 1. The average Bonchev–Trinajstić information content (AvgIpc) is 2.69. The Morgan fingerprint density at radius 2 is 2.38 bits per heavy atom. The van der Waals surface area contributed by atoms with Crippen molar-refractivity contribution in [3.63, 3.8) is 0 Å². The van der Waals surface area contributed by atoms with E-state index in [0.29, 0.717) is 10.8 Å². The third-order valence-corrected chi connectivity index (χ3v) is 3.30. The standard InChI is InChI=1S/C9H9F2N5O4S/c10-3-1-16(8(19)13-6(3)21)7-4(11)5(18)9(2-17,20-7)14-15-12/h1,4-5,7,17-18H,2H2,(H,13,19,21)/t4?,5-,7-,9-/m1/s1. The smallest absolute Gasteiger partial charge is 0.328 e. The number of ether oxygens (including phenoxy) is 1. The maximum atomic E-state index is 14.1. The van der Waals surface area contributed by atoms with E-state index >= 15 is 0 Å². The van der Waals surface area contributed by atoms with E-state index < -0.39 is 47.0 Å². The number of rotatable bonds is 3. The van der Waals surface area contributed by atoms with Gasteiger partial charge < -0.3 is 14.9 Å². The largest absolute Gasteiger partial charge is 0.393 e. The van der Waals surface area contributed by atoms with Gasteiger partial charge in [0.1, 0.15) is 10.7 Å². The molecular weight excluding hydrogens is 312 g/mol. The highest BCUT2D eigenvalue weighted by atomic mass is 32.1. The fraction of sp³-hybridized carbons (Fsp3) is 0.556. The van der Waals surface area contributed by atoms with Crippen molar-refractivity contribution < 1.29 is 23.7 Å². The molecule has 0 saturated carbocycles. The second-order valence-electron chi connectivity index (χ2n) is 4.23. The van der Waals surface area contributed by atoms with Crippen LogP contribution in [0.1, 0.15) is 6.23 Å². The lowest BCUT2D eigenvalue weighted by Gasteiger charge is -2.23. The second-order valence-corrected chi connectivity index (χ2v) is 4.64. The van der Waals surface area contributed by atoms with Gasteiger partial charge in [0, 0.05) is 4.91 Å². The number of H-pyrrole nitrogens is 1. The van der Waals surface area contributed by atoms with E-state index in [2.05, 4.69) is 22.2 Å². The number of halogens is 2. The Hall–Kier alpha value is -1.85. The first-order chi connectivity index (χ1) is 9.86. The summed E-state index contributed by atoms with van der Waals surface area (Å²) in [5, 5.41) is 21.9. The van der Waals surface area contributed by atoms with Gasteiger partial charge in [0.25, 0.3) is 0 Å². The van der Waals surface area contributed by atoms with E-state index in [1.54, 1.807) is 0 Å². The molecule has 21 heavy (non-hydrogen) atoms. The van der Waals surface area contributed by atoms with E-state index in [4.69, 9.17) is 15.4 Å². The summed E-state index contributed by atoms with van der Waals surface area (Å²) in [7, 11) is 0. The zero-order valence-corrected chi connectivity index (χ0v) is 11.0. The lowest BCUT2D eigenvalue weighted by atomic mass is 10.1. The van der Waals surface area contributed by atoms with Crippen LogP contribution in [0.15, 0.2) is 16.1 Å². The van der Waals surface area contributed by atoms with Gasteiger partial charge in [0.15, 0.2) is 18.2 Å². The molecule has 1 aliphatic rings. The second kappa shape index (κ2) is 5.50. The molecule has 1 fully saturated rings. The van der Waals surface area contributed by atoms with Gasteiger partial charge in [-0.15, -0.1) is 0 Å². The van der Waals surface area contributed by atoms with Crippen LogP contribution in [0, 0.1) is 10.5 Å². The minimum Gasteiger partial charge on any atom is -0.393 e. The van der Waals surface area contributed by atoms with Crippen molar-refractivity contribution in [3.8, 4) is 0 Å². The van der Waals surface area contributed by atoms with Gasteiger partial charge in [-0.1, -0.05) is 17.3 Å². The topological polar surface area (TPSA) is 136 Å². The molecular formula is C9H9F2N5O4S. The molecule has 9 nitrogen and oxygen atoms in total. The molecule has 4 atom stereocenters. The van der Waals surface area contributed by atoms with Crippen LogP contribution in [0.4, 0.5) is 8.78 Å². The first-order valence-corrected chi connectivity index (χ1v) is 5.95. The number of aromatic amines is 1. The molecule has 0 amide bonds. The monoisotopic (exact) mass is 321 g/mol. The van der Waals surface area contributed by atoms with Gasteiger partial charge in [0.05, 0.1) is 12.8 Å². The fourth-order valence-corrected chi connectivity index (χ4v) is 2.07. The van der Waals surface area contributed by atoms with Gasteiger partial charge in [-0.05, 0) is 5.53 Å². The van der Waals surface area contributed by atoms with E-state index in [0.717, 1.165) is 0 Å². The third-order valence-electron chi connectivity index (χ3n) is 3.00. The van der Waals surface area contributed by atoms with Crippen LogP contribution in [0.3, 0.4) is 0 Å². The van der Waals surface area contributed by atoms with Crippen molar-refractivity contribution in [1.82, 2.24) is 9.55 Å². The van der Waals surface area contributed by atoms with Crippen LogP contribution in [0.5, 0.6) is 0 Å². The number of hydrogen-bond donors (Lipinski definition) is 3. The lowest BCUT2D eigenvalue weighted by molar-refractivity contribution is -0.124. The minimum atomic E-state index is -2.30. The Morgan fingerprint density at radius 3 is 2.95 bits per heavy atom. The normalized spacial score (nSPS) is 31.9. The number of alkyl halides is 1. The molecule has 1 aromatic heterocycles. The molecule has 0 aliphatic carbocycles. The van der Waals surface area contributed by atoms with Gasteiger partial charge in [-0.3, -0.25) is 9.55 Å². The number of aromatic nitrogens is 2. The van der Waals surface area contributed by atoms with Crippen molar-refractivity contribution in [1.29, 1.82) is 0 Å². The average molecular weight is 321 g/mol. The Bertz CT molecular complexity index is 717. The molecule has 1 saturated heterocycles. The molecule has 1 aliphatic heterocycles. The summed E-state index contributed by atoms with van der Waals surface area (Å²) in [6.45, 7) is -1.03. The predicted molar refractivity (Wildman–Crippen MR) is 65.8 cm³/mol. The summed E-state index contributed by atoms with van der Waals surface area (Å²) in [5.74, 6) is -1.01. The van der Waals surface area contributed by atoms with Crippen LogP contribution < -0.4 is 5.69 Å². The number of azide groups is 1. The summed E-state index contributed by atoms with van der Waals surface area (Å²) in [5.41, 5.74) is 5.11. The quantitative estimate of drug-likeness (QED) is 0.318. The van der Waals surface area contributed by atoms with Crippen LogP contribution >= 0.6 is 12.2 Å². The Labute approximate surface area is 120 Å². The zero-order chi connectivity index (χ0) is 15.8. The lowest BCUT2D eigenvalue weighted by Crippen LogP contribution is -2.43. The van der Waals surface area contributed by atoms with E-state index in [1.807, 2.05) is 4.98 Å². The number of aliphatic hydroxyl groups excluding tert-OH is 2. The third kappa shape index (κ3) is 2.43. The molecule has 0 spiro atoms. The molecule has 114 valence electrons. The van der Waals surface area contributed by atoms with Crippen LogP contribution in [0.25, 0.3) is 10.4 Å². The molecule has 0 aromatic carbocycles. The predicted octanol–water partition coefficient (Wildman–Crippen LogP) is 0.272. The highest BCUT2D eigenvalue weighted by Gasteiger charge is 2.56. The number of nitrogens with zero attached hydrogens (tertiary/aromatic N) is 4. The molecule has 1 unspecified atom stereocenters. The van der Waals surface area contributed by atoms with Gasteiger partial charge in [-0.2, -0.15) is 0 Å². The van der Waals surface area contributed by atoms with Crippen LogP contribution in [-0.2, 0) is 4.74 Å². The molecule has 0 radical (unpaired) electrons.